The Morgan fingerprint density at radius 3 is 2.55 bits per heavy atom. The van der Waals surface area contributed by atoms with E-state index in [-0.39, 0.29) is 30.7 Å². The van der Waals surface area contributed by atoms with E-state index in [4.69, 9.17) is 18.9 Å². The molecular formula is C17H20O5. The van der Waals surface area contributed by atoms with E-state index in [2.05, 4.69) is 6.58 Å². The minimum absolute atomic E-state index is 0.0664. The number of aliphatic hydroxyl groups is 1. The van der Waals surface area contributed by atoms with Crippen molar-refractivity contribution in [1.82, 2.24) is 0 Å². The van der Waals surface area contributed by atoms with E-state index in [1.54, 1.807) is 0 Å². The number of benzene rings is 1. The van der Waals surface area contributed by atoms with Crippen LogP contribution in [0.5, 0.6) is 0 Å². The van der Waals surface area contributed by atoms with Gasteiger partial charge >= 0.3 is 0 Å². The van der Waals surface area contributed by atoms with Gasteiger partial charge in [0, 0.05) is 18.4 Å². The van der Waals surface area contributed by atoms with Crippen molar-refractivity contribution in [2.75, 3.05) is 6.61 Å². The molecule has 3 aliphatic rings. The lowest BCUT2D eigenvalue weighted by atomic mass is 9.91. The normalized spacial score (nSPS) is 41.2. The highest BCUT2D eigenvalue weighted by Gasteiger charge is 2.46. The second kappa shape index (κ2) is 5.66. The number of hydrogen-bond acceptors (Lipinski definition) is 5. The molecule has 6 atom stereocenters. The number of fused-ring (bicyclic) bond motifs is 2. The zero-order valence-electron chi connectivity index (χ0n) is 12.3. The summed E-state index contributed by atoms with van der Waals surface area (Å²) >= 11 is 0. The van der Waals surface area contributed by atoms with Gasteiger partial charge < -0.3 is 24.1 Å². The van der Waals surface area contributed by atoms with Crippen LogP contribution in [0, 0.1) is 0 Å². The third-order valence-corrected chi connectivity index (χ3v) is 4.56. The first kappa shape index (κ1) is 14.2. The Morgan fingerprint density at radius 2 is 1.73 bits per heavy atom. The SMILES string of the molecule is C=C1O[C@@H]2C[C@@H]3O[C@H](c4ccccc4)OC[C@H]3O[C@H]2C[C@H]1O. The van der Waals surface area contributed by atoms with Gasteiger partial charge in [0.25, 0.3) is 0 Å². The van der Waals surface area contributed by atoms with Crippen LogP contribution in [-0.4, -0.2) is 42.2 Å². The minimum Gasteiger partial charge on any atom is -0.490 e. The lowest BCUT2D eigenvalue weighted by molar-refractivity contribution is -0.309. The Hall–Kier alpha value is -1.40. The van der Waals surface area contributed by atoms with Crippen LogP contribution in [-0.2, 0) is 18.9 Å². The van der Waals surface area contributed by atoms with Crippen LogP contribution in [0.2, 0.25) is 0 Å². The standard InChI is InChI=1S/C17H20O5/c1-10-12(18)7-13-14(20-10)8-15-16(21-13)9-19-17(22-15)11-5-3-2-4-6-11/h2-6,12-18H,1,7-9H2/t12-,13+,14-,15+,16-,17-/m1/s1. The molecule has 3 saturated heterocycles. The fourth-order valence-corrected chi connectivity index (χ4v) is 3.34. The molecule has 3 fully saturated rings. The summed E-state index contributed by atoms with van der Waals surface area (Å²) in [4.78, 5) is 0. The maximum atomic E-state index is 9.84. The summed E-state index contributed by atoms with van der Waals surface area (Å²) in [5, 5.41) is 9.84. The second-order valence-electron chi connectivity index (χ2n) is 6.07. The van der Waals surface area contributed by atoms with Gasteiger partial charge in [-0.05, 0) is 0 Å². The molecular weight excluding hydrogens is 284 g/mol. The Morgan fingerprint density at radius 1 is 0.955 bits per heavy atom. The van der Waals surface area contributed by atoms with Gasteiger partial charge in [-0.25, -0.2) is 0 Å². The third-order valence-electron chi connectivity index (χ3n) is 4.56. The van der Waals surface area contributed by atoms with Gasteiger partial charge in [0.2, 0.25) is 0 Å². The second-order valence-corrected chi connectivity index (χ2v) is 6.07. The van der Waals surface area contributed by atoms with Crippen molar-refractivity contribution in [3.05, 3.63) is 48.2 Å². The molecule has 0 spiro atoms. The van der Waals surface area contributed by atoms with Crippen molar-refractivity contribution in [3.63, 3.8) is 0 Å². The van der Waals surface area contributed by atoms with Gasteiger partial charge in [-0.1, -0.05) is 36.9 Å². The van der Waals surface area contributed by atoms with Crippen molar-refractivity contribution in [1.29, 1.82) is 0 Å². The Labute approximate surface area is 129 Å². The van der Waals surface area contributed by atoms with Crippen LogP contribution < -0.4 is 0 Å². The molecule has 118 valence electrons. The first-order valence-corrected chi connectivity index (χ1v) is 7.71. The van der Waals surface area contributed by atoms with Crippen LogP contribution in [0.25, 0.3) is 0 Å². The summed E-state index contributed by atoms with van der Waals surface area (Å²) in [5.74, 6) is 0.426. The smallest absolute Gasteiger partial charge is 0.184 e. The van der Waals surface area contributed by atoms with E-state index in [1.165, 1.54) is 0 Å². The molecule has 0 bridgehead atoms. The van der Waals surface area contributed by atoms with Crippen LogP contribution in [0.1, 0.15) is 24.7 Å². The Kier molecular flexibility index (Phi) is 3.66. The molecule has 0 amide bonds. The summed E-state index contributed by atoms with van der Waals surface area (Å²) in [5.41, 5.74) is 1.01. The van der Waals surface area contributed by atoms with E-state index < -0.39 is 6.10 Å². The summed E-state index contributed by atoms with van der Waals surface area (Å²) in [6.07, 6.45) is -0.163. The zero-order valence-corrected chi connectivity index (χ0v) is 12.3. The molecule has 22 heavy (non-hydrogen) atoms. The molecule has 3 aliphatic heterocycles. The van der Waals surface area contributed by atoms with Gasteiger partial charge in [0.1, 0.15) is 24.1 Å². The molecule has 1 aromatic rings. The molecule has 1 N–H and O–H groups in total. The summed E-state index contributed by atoms with van der Waals surface area (Å²) in [6.45, 7) is 4.25. The number of rotatable bonds is 1. The molecule has 3 heterocycles. The number of ether oxygens (including phenoxy) is 4. The Bertz CT molecular complexity index is 545. The molecule has 0 saturated carbocycles. The fraction of sp³-hybridized carbons (Fsp3) is 0.529. The van der Waals surface area contributed by atoms with Crippen LogP contribution in [0.3, 0.4) is 0 Å². The molecule has 0 radical (unpaired) electrons. The van der Waals surface area contributed by atoms with Gasteiger partial charge in [-0.15, -0.1) is 0 Å². The predicted molar refractivity (Wildman–Crippen MR) is 77.9 cm³/mol. The minimum atomic E-state index is -0.653. The molecule has 0 unspecified atom stereocenters. The highest BCUT2D eigenvalue weighted by Crippen LogP contribution is 2.38. The van der Waals surface area contributed by atoms with Crippen molar-refractivity contribution >= 4 is 0 Å². The monoisotopic (exact) mass is 304 g/mol. The fourth-order valence-electron chi connectivity index (χ4n) is 3.34. The molecule has 4 rings (SSSR count). The van der Waals surface area contributed by atoms with Gasteiger partial charge in [0.05, 0.1) is 18.8 Å². The van der Waals surface area contributed by atoms with Crippen LogP contribution in [0.15, 0.2) is 42.7 Å². The number of aliphatic hydroxyl groups excluding tert-OH is 1. The van der Waals surface area contributed by atoms with Gasteiger partial charge in [-0.3, -0.25) is 0 Å². The summed E-state index contributed by atoms with van der Waals surface area (Å²) in [6, 6.07) is 9.89. The molecule has 1 aromatic carbocycles. The predicted octanol–water partition coefficient (Wildman–Crippen LogP) is 1.92. The van der Waals surface area contributed by atoms with Crippen molar-refractivity contribution in [2.24, 2.45) is 0 Å². The van der Waals surface area contributed by atoms with Crippen molar-refractivity contribution < 1.29 is 24.1 Å². The largest absolute Gasteiger partial charge is 0.490 e. The maximum Gasteiger partial charge on any atom is 0.184 e. The van der Waals surface area contributed by atoms with Crippen LogP contribution in [0.4, 0.5) is 0 Å². The average molecular weight is 304 g/mol. The lowest BCUT2D eigenvalue weighted by Crippen LogP contribution is -2.56. The van der Waals surface area contributed by atoms with Crippen molar-refractivity contribution in [2.45, 2.75) is 49.7 Å². The Balaban J connectivity index is 1.46. The average Bonchev–Trinajstić information content (AvgIpc) is 2.55. The molecule has 0 aromatic heterocycles. The van der Waals surface area contributed by atoms with E-state index >= 15 is 0 Å². The summed E-state index contributed by atoms with van der Waals surface area (Å²) < 4.78 is 23.6. The van der Waals surface area contributed by atoms with Gasteiger partial charge in [-0.2, -0.15) is 0 Å². The third kappa shape index (κ3) is 2.54. The summed E-state index contributed by atoms with van der Waals surface area (Å²) in [7, 11) is 0. The molecule has 5 heteroatoms. The van der Waals surface area contributed by atoms with E-state index in [1.807, 2.05) is 30.3 Å². The highest BCUT2D eigenvalue weighted by atomic mass is 16.7. The lowest BCUT2D eigenvalue weighted by Gasteiger charge is -2.47. The first-order chi connectivity index (χ1) is 10.7. The topological polar surface area (TPSA) is 57.2 Å². The van der Waals surface area contributed by atoms with E-state index in [0.717, 1.165) is 12.0 Å². The molecule has 5 nitrogen and oxygen atoms in total. The molecule has 0 aliphatic carbocycles. The van der Waals surface area contributed by atoms with Crippen molar-refractivity contribution in [3.8, 4) is 0 Å². The van der Waals surface area contributed by atoms with Gasteiger partial charge in [0.15, 0.2) is 6.29 Å². The van der Waals surface area contributed by atoms with E-state index in [9.17, 15) is 5.11 Å². The highest BCUT2D eigenvalue weighted by molar-refractivity contribution is 5.16. The maximum absolute atomic E-state index is 9.84. The number of hydrogen-bond donors (Lipinski definition) is 1. The van der Waals surface area contributed by atoms with E-state index in [0.29, 0.717) is 18.8 Å². The van der Waals surface area contributed by atoms with Crippen LogP contribution >= 0.6 is 0 Å². The quantitative estimate of drug-likeness (QED) is 0.859. The first-order valence-electron chi connectivity index (χ1n) is 7.71. The zero-order chi connectivity index (χ0) is 15.1.